The van der Waals surface area contributed by atoms with Crippen LogP contribution in [0.2, 0.25) is 0 Å². The predicted molar refractivity (Wildman–Crippen MR) is 76.2 cm³/mol. The van der Waals surface area contributed by atoms with Gasteiger partial charge in [0.05, 0.1) is 20.6 Å². The van der Waals surface area contributed by atoms with Crippen LogP contribution < -0.4 is 14.8 Å². The maximum Gasteiger partial charge on any atom is 0.228 e. The molecule has 4 nitrogen and oxygen atoms in total. The van der Waals surface area contributed by atoms with Crippen molar-refractivity contribution in [1.82, 2.24) is 0 Å². The molecule has 100 valence electrons. The van der Waals surface area contributed by atoms with Gasteiger partial charge < -0.3 is 14.8 Å². The molecule has 0 saturated heterocycles. The highest BCUT2D eigenvalue weighted by Crippen LogP contribution is 2.29. The van der Waals surface area contributed by atoms with Gasteiger partial charge in [-0.05, 0) is 34.5 Å². The van der Waals surface area contributed by atoms with E-state index >= 15 is 0 Å². The molecule has 0 saturated carbocycles. The minimum absolute atomic E-state index is 0.0504. The van der Waals surface area contributed by atoms with E-state index in [2.05, 4.69) is 5.32 Å². The quantitative estimate of drug-likeness (QED) is 0.914. The van der Waals surface area contributed by atoms with E-state index in [1.54, 1.807) is 43.8 Å². The largest absolute Gasteiger partial charge is 0.493 e. The number of methoxy groups -OCH3 is 2. The summed E-state index contributed by atoms with van der Waals surface area (Å²) in [4.78, 5) is 11.9. The van der Waals surface area contributed by atoms with Gasteiger partial charge in [-0.1, -0.05) is 0 Å². The third-order valence-corrected chi connectivity index (χ3v) is 3.34. The van der Waals surface area contributed by atoms with E-state index in [0.717, 1.165) is 5.56 Å². The summed E-state index contributed by atoms with van der Waals surface area (Å²) in [5.74, 6) is 1.18. The van der Waals surface area contributed by atoms with Crippen LogP contribution in [0, 0.1) is 0 Å². The topological polar surface area (TPSA) is 47.6 Å². The first kappa shape index (κ1) is 13.4. The third kappa shape index (κ3) is 3.48. The molecular weight excluding hydrogens is 262 g/mol. The molecule has 2 aromatic rings. The zero-order chi connectivity index (χ0) is 13.7. The molecule has 0 unspecified atom stereocenters. The number of hydrogen-bond donors (Lipinski definition) is 1. The van der Waals surface area contributed by atoms with Crippen molar-refractivity contribution in [3.05, 3.63) is 40.6 Å². The molecule has 1 amide bonds. The Morgan fingerprint density at radius 1 is 1.21 bits per heavy atom. The van der Waals surface area contributed by atoms with Crippen LogP contribution >= 0.6 is 11.3 Å². The summed E-state index contributed by atoms with van der Waals surface area (Å²) in [5.41, 5.74) is 1.71. The number of thiophene rings is 1. The van der Waals surface area contributed by atoms with Gasteiger partial charge in [0.25, 0.3) is 0 Å². The van der Waals surface area contributed by atoms with E-state index < -0.39 is 0 Å². The molecule has 0 radical (unpaired) electrons. The van der Waals surface area contributed by atoms with Crippen molar-refractivity contribution in [2.45, 2.75) is 6.42 Å². The fourth-order valence-corrected chi connectivity index (χ4v) is 2.37. The minimum atomic E-state index is -0.0504. The summed E-state index contributed by atoms with van der Waals surface area (Å²) in [7, 11) is 3.14. The first-order chi connectivity index (χ1) is 9.22. The minimum Gasteiger partial charge on any atom is -0.493 e. The molecule has 0 atom stereocenters. The van der Waals surface area contributed by atoms with Crippen molar-refractivity contribution in [3.8, 4) is 11.5 Å². The molecule has 1 N–H and O–H groups in total. The van der Waals surface area contributed by atoms with Crippen LogP contribution in [0.4, 0.5) is 5.69 Å². The van der Waals surface area contributed by atoms with E-state index in [4.69, 9.17) is 9.47 Å². The Morgan fingerprint density at radius 2 is 2.00 bits per heavy atom. The average molecular weight is 277 g/mol. The van der Waals surface area contributed by atoms with E-state index in [0.29, 0.717) is 23.6 Å². The normalized spacial score (nSPS) is 10.0. The lowest BCUT2D eigenvalue weighted by atomic mass is 10.2. The molecule has 5 heteroatoms. The zero-order valence-electron chi connectivity index (χ0n) is 10.8. The Kier molecular flexibility index (Phi) is 4.41. The maximum atomic E-state index is 11.9. The van der Waals surface area contributed by atoms with Gasteiger partial charge in [0.2, 0.25) is 5.91 Å². The first-order valence-electron chi connectivity index (χ1n) is 5.76. The number of anilines is 1. The Morgan fingerprint density at radius 3 is 2.63 bits per heavy atom. The van der Waals surface area contributed by atoms with Gasteiger partial charge in [0, 0.05) is 11.8 Å². The maximum absolute atomic E-state index is 11.9. The molecule has 0 bridgehead atoms. The van der Waals surface area contributed by atoms with Crippen LogP contribution in [0.15, 0.2) is 35.0 Å². The van der Waals surface area contributed by atoms with Crippen LogP contribution in [0.3, 0.4) is 0 Å². The fraction of sp³-hybridized carbons (Fsp3) is 0.214. The van der Waals surface area contributed by atoms with E-state index in [9.17, 15) is 4.79 Å². The number of carbonyl (C=O) groups excluding carboxylic acids is 1. The molecular formula is C14H15NO3S. The predicted octanol–water partition coefficient (Wildman–Crippen LogP) is 2.95. The van der Waals surface area contributed by atoms with Crippen molar-refractivity contribution in [3.63, 3.8) is 0 Å². The second kappa shape index (κ2) is 6.24. The molecule has 19 heavy (non-hydrogen) atoms. The van der Waals surface area contributed by atoms with Crippen molar-refractivity contribution < 1.29 is 14.3 Å². The number of rotatable bonds is 5. The standard InChI is InChI=1S/C14H15NO3S/c1-17-12-4-3-11(8-13(12)18-2)15-14(16)7-10-5-6-19-9-10/h3-6,8-9H,7H2,1-2H3,(H,15,16). The molecule has 1 heterocycles. The smallest absolute Gasteiger partial charge is 0.228 e. The fourth-order valence-electron chi connectivity index (χ4n) is 1.70. The number of amides is 1. The van der Waals surface area contributed by atoms with Gasteiger partial charge in [0.15, 0.2) is 11.5 Å². The lowest BCUT2D eigenvalue weighted by Crippen LogP contribution is -2.14. The molecule has 1 aromatic heterocycles. The van der Waals surface area contributed by atoms with Gasteiger partial charge in [-0.3, -0.25) is 4.79 Å². The Hall–Kier alpha value is -2.01. The highest BCUT2D eigenvalue weighted by atomic mass is 32.1. The van der Waals surface area contributed by atoms with Crippen LogP contribution in [0.5, 0.6) is 11.5 Å². The van der Waals surface area contributed by atoms with Crippen LogP contribution in [-0.4, -0.2) is 20.1 Å². The van der Waals surface area contributed by atoms with Crippen molar-refractivity contribution in [1.29, 1.82) is 0 Å². The second-order valence-corrected chi connectivity index (χ2v) is 4.71. The molecule has 0 aliphatic rings. The van der Waals surface area contributed by atoms with Crippen LogP contribution in [-0.2, 0) is 11.2 Å². The molecule has 0 aliphatic heterocycles. The molecule has 0 fully saturated rings. The Labute approximate surface area is 116 Å². The monoisotopic (exact) mass is 277 g/mol. The SMILES string of the molecule is COc1ccc(NC(=O)Cc2ccsc2)cc1OC. The van der Waals surface area contributed by atoms with Gasteiger partial charge >= 0.3 is 0 Å². The van der Waals surface area contributed by atoms with Gasteiger partial charge in [-0.2, -0.15) is 11.3 Å². The third-order valence-electron chi connectivity index (χ3n) is 2.61. The first-order valence-corrected chi connectivity index (χ1v) is 6.70. The summed E-state index contributed by atoms with van der Waals surface area (Å²) in [6, 6.07) is 7.23. The summed E-state index contributed by atoms with van der Waals surface area (Å²) < 4.78 is 10.3. The van der Waals surface area contributed by atoms with Crippen LogP contribution in [0.25, 0.3) is 0 Å². The second-order valence-electron chi connectivity index (χ2n) is 3.93. The molecule has 0 spiro atoms. The van der Waals surface area contributed by atoms with E-state index in [1.165, 1.54) is 0 Å². The number of ether oxygens (including phenoxy) is 2. The zero-order valence-corrected chi connectivity index (χ0v) is 11.6. The van der Waals surface area contributed by atoms with E-state index in [-0.39, 0.29) is 5.91 Å². The summed E-state index contributed by atoms with van der Waals surface area (Å²) in [5, 5.41) is 6.76. The lowest BCUT2D eigenvalue weighted by molar-refractivity contribution is -0.115. The highest BCUT2D eigenvalue weighted by molar-refractivity contribution is 7.08. The van der Waals surface area contributed by atoms with Crippen molar-refractivity contribution in [2.75, 3.05) is 19.5 Å². The molecule has 2 rings (SSSR count). The number of carbonyl (C=O) groups is 1. The number of nitrogens with one attached hydrogen (secondary N) is 1. The Bertz CT molecular complexity index is 552. The highest BCUT2D eigenvalue weighted by Gasteiger charge is 2.08. The summed E-state index contributed by atoms with van der Waals surface area (Å²) in [6.07, 6.45) is 0.373. The van der Waals surface area contributed by atoms with Gasteiger partial charge in [-0.25, -0.2) is 0 Å². The lowest BCUT2D eigenvalue weighted by Gasteiger charge is -2.10. The average Bonchev–Trinajstić information content (AvgIpc) is 2.91. The molecule has 1 aromatic carbocycles. The number of benzene rings is 1. The summed E-state index contributed by atoms with van der Waals surface area (Å²) >= 11 is 1.58. The number of hydrogen-bond acceptors (Lipinski definition) is 4. The van der Waals surface area contributed by atoms with Crippen molar-refractivity contribution >= 4 is 22.9 Å². The summed E-state index contributed by atoms with van der Waals surface area (Å²) in [6.45, 7) is 0. The van der Waals surface area contributed by atoms with Crippen LogP contribution in [0.1, 0.15) is 5.56 Å². The van der Waals surface area contributed by atoms with Gasteiger partial charge in [0.1, 0.15) is 0 Å². The van der Waals surface area contributed by atoms with Gasteiger partial charge in [-0.15, -0.1) is 0 Å². The molecule has 0 aliphatic carbocycles. The van der Waals surface area contributed by atoms with Crippen molar-refractivity contribution in [2.24, 2.45) is 0 Å². The van der Waals surface area contributed by atoms with E-state index in [1.807, 2.05) is 16.8 Å². The Balaban J connectivity index is 2.04.